The van der Waals surface area contributed by atoms with Gasteiger partial charge in [-0.15, -0.1) is 0 Å². The van der Waals surface area contributed by atoms with Crippen molar-refractivity contribution in [1.82, 2.24) is 4.57 Å². The summed E-state index contributed by atoms with van der Waals surface area (Å²) in [6.45, 7) is 4.38. The van der Waals surface area contributed by atoms with E-state index in [1.54, 1.807) is 55.0 Å². The Hall–Kier alpha value is -3.16. The zero-order valence-electron chi connectivity index (χ0n) is 17.8. The molecular weight excluding hydrogens is 412 g/mol. The van der Waals surface area contributed by atoms with E-state index in [-0.39, 0.29) is 15.6 Å². The predicted molar refractivity (Wildman–Crippen MR) is 122 cm³/mol. The molecule has 0 aliphatic rings. The summed E-state index contributed by atoms with van der Waals surface area (Å²) in [5.41, 5.74) is 2.23. The van der Waals surface area contributed by atoms with Crippen LogP contribution in [0.2, 0.25) is 0 Å². The molecule has 0 atom stereocenters. The SMILES string of the molecule is COCCn1c(C)c(C)c(S(=O)(=O)c2ccccc2)c1NC(=O)C=Cc1ccccc1. The van der Waals surface area contributed by atoms with Crippen LogP contribution in [0.15, 0.2) is 76.5 Å². The number of amides is 1. The highest BCUT2D eigenvalue weighted by molar-refractivity contribution is 7.91. The first-order valence-corrected chi connectivity index (χ1v) is 11.4. The number of rotatable bonds is 8. The number of nitrogens with one attached hydrogen (secondary N) is 1. The van der Waals surface area contributed by atoms with Gasteiger partial charge in [-0.2, -0.15) is 0 Å². The molecule has 0 aliphatic carbocycles. The van der Waals surface area contributed by atoms with Crippen LogP contribution in [-0.4, -0.2) is 32.6 Å². The minimum atomic E-state index is -3.84. The quantitative estimate of drug-likeness (QED) is 0.534. The molecule has 1 amide bonds. The van der Waals surface area contributed by atoms with Crippen LogP contribution in [0.1, 0.15) is 16.8 Å². The minimum absolute atomic E-state index is 0.105. The first kappa shape index (κ1) is 22.5. The van der Waals surface area contributed by atoms with Crippen LogP contribution in [0.25, 0.3) is 6.08 Å². The fourth-order valence-electron chi connectivity index (χ4n) is 3.36. The smallest absolute Gasteiger partial charge is 0.249 e. The zero-order chi connectivity index (χ0) is 22.4. The Morgan fingerprint density at radius 3 is 2.26 bits per heavy atom. The Labute approximate surface area is 183 Å². The Morgan fingerprint density at radius 1 is 1.03 bits per heavy atom. The summed E-state index contributed by atoms with van der Waals surface area (Å²) >= 11 is 0. The molecule has 0 fully saturated rings. The van der Waals surface area contributed by atoms with E-state index in [1.807, 2.05) is 37.3 Å². The van der Waals surface area contributed by atoms with Gasteiger partial charge in [0.2, 0.25) is 15.7 Å². The van der Waals surface area contributed by atoms with Gasteiger partial charge in [0.25, 0.3) is 0 Å². The van der Waals surface area contributed by atoms with Crippen molar-refractivity contribution in [3.63, 3.8) is 0 Å². The highest BCUT2D eigenvalue weighted by Gasteiger charge is 2.30. The third-order valence-corrected chi connectivity index (χ3v) is 7.01. The summed E-state index contributed by atoms with van der Waals surface area (Å²) in [7, 11) is -2.26. The molecule has 1 heterocycles. The maximum atomic E-state index is 13.5. The van der Waals surface area contributed by atoms with Gasteiger partial charge in [0.15, 0.2) is 0 Å². The van der Waals surface area contributed by atoms with E-state index in [9.17, 15) is 13.2 Å². The lowest BCUT2D eigenvalue weighted by molar-refractivity contribution is -0.111. The number of carbonyl (C=O) groups excluding carboxylic acids is 1. The van der Waals surface area contributed by atoms with Crippen LogP contribution in [0.4, 0.5) is 5.82 Å². The summed E-state index contributed by atoms with van der Waals surface area (Å²) in [5.74, 6) is -0.164. The number of hydrogen-bond acceptors (Lipinski definition) is 4. The van der Waals surface area contributed by atoms with Crippen LogP contribution >= 0.6 is 0 Å². The number of aromatic nitrogens is 1. The van der Waals surface area contributed by atoms with E-state index in [0.717, 1.165) is 11.3 Å². The Balaban J connectivity index is 2.05. The van der Waals surface area contributed by atoms with Crippen molar-refractivity contribution in [1.29, 1.82) is 0 Å². The monoisotopic (exact) mass is 438 g/mol. The molecule has 3 rings (SSSR count). The topological polar surface area (TPSA) is 77.4 Å². The fourth-order valence-corrected chi connectivity index (χ4v) is 5.08. The maximum Gasteiger partial charge on any atom is 0.249 e. The van der Waals surface area contributed by atoms with E-state index in [2.05, 4.69) is 5.32 Å². The van der Waals surface area contributed by atoms with Gasteiger partial charge < -0.3 is 14.6 Å². The van der Waals surface area contributed by atoms with Crippen molar-refractivity contribution in [2.75, 3.05) is 19.0 Å². The van der Waals surface area contributed by atoms with Crippen LogP contribution in [0.3, 0.4) is 0 Å². The standard InChI is InChI=1S/C24H26N2O4S/c1-18-19(2)26(16-17-30-3)24(23(18)31(28,29)21-12-8-5-9-13-21)25-22(27)15-14-20-10-6-4-7-11-20/h4-15H,16-17H2,1-3H3,(H,25,27). The summed E-state index contributed by atoms with van der Waals surface area (Å²) in [6, 6.07) is 17.6. The maximum absolute atomic E-state index is 13.5. The molecule has 0 bridgehead atoms. The van der Waals surface area contributed by atoms with Gasteiger partial charge in [-0.25, -0.2) is 8.42 Å². The summed E-state index contributed by atoms with van der Waals surface area (Å²) in [6.07, 6.45) is 3.08. The average molecular weight is 439 g/mol. The first-order valence-electron chi connectivity index (χ1n) is 9.89. The largest absolute Gasteiger partial charge is 0.383 e. The number of anilines is 1. The van der Waals surface area contributed by atoms with Crippen molar-refractivity contribution in [3.05, 3.63) is 83.6 Å². The summed E-state index contributed by atoms with van der Waals surface area (Å²) in [4.78, 5) is 13.0. The number of methoxy groups -OCH3 is 1. The van der Waals surface area contributed by atoms with Crippen molar-refractivity contribution < 1.29 is 17.9 Å². The van der Waals surface area contributed by atoms with Gasteiger partial charge in [0.1, 0.15) is 10.7 Å². The molecular formula is C24H26N2O4S. The third-order valence-electron chi connectivity index (χ3n) is 5.08. The predicted octanol–water partition coefficient (Wildman–Crippen LogP) is 4.24. The highest BCUT2D eigenvalue weighted by Crippen LogP contribution is 2.35. The molecule has 0 spiro atoms. The van der Waals surface area contributed by atoms with Crippen molar-refractivity contribution in [3.8, 4) is 0 Å². The molecule has 7 heteroatoms. The third kappa shape index (κ3) is 4.95. The molecule has 31 heavy (non-hydrogen) atoms. The molecule has 1 aromatic heterocycles. The molecule has 0 saturated heterocycles. The summed E-state index contributed by atoms with van der Waals surface area (Å²) in [5, 5.41) is 2.80. The molecule has 6 nitrogen and oxygen atoms in total. The van der Waals surface area contributed by atoms with Crippen LogP contribution < -0.4 is 5.32 Å². The number of benzene rings is 2. The van der Waals surface area contributed by atoms with Crippen molar-refractivity contribution >= 4 is 27.6 Å². The number of nitrogens with zero attached hydrogens (tertiary/aromatic N) is 1. The van der Waals surface area contributed by atoms with Gasteiger partial charge >= 0.3 is 0 Å². The first-order chi connectivity index (χ1) is 14.9. The minimum Gasteiger partial charge on any atom is -0.383 e. The average Bonchev–Trinajstić information content (AvgIpc) is 3.01. The van der Waals surface area contributed by atoms with E-state index in [0.29, 0.717) is 18.7 Å². The lowest BCUT2D eigenvalue weighted by Crippen LogP contribution is -2.17. The van der Waals surface area contributed by atoms with Crippen molar-refractivity contribution in [2.45, 2.75) is 30.2 Å². The molecule has 2 aromatic carbocycles. The van der Waals surface area contributed by atoms with Crippen molar-refractivity contribution in [2.24, 2.45) is 0 Å². The number of ether oxygens (including phenoxy) is 1. The molecule has 0 unspecified atom stereocenters. The molecule has 0 saturated carbocycles. The van der Waals surface area contributed by atoms with E-state index in [4.69, 9.17) is 4.74 Å². The van der Waals surface area contributed by atoms with Crippen LogP contribution in [0.5, 0.6) is 0 Å². The van der Waals surface area contributed by atoms with E-state index < -0.39 is 15.7 Å². The van der Waals surface area contributed by atoms with Crippen LogP contribution in [0, 0.1) is 13.8 Å². The fraction of sp³-hybridized carbons (Fsp3) is 0.208. The lowest BCUT2D eigenvalue weighted by Gasteiger charge is -2.13. The number of sulfone groups is 1. The second-order valence-corrected chi connectivity index (χ2v) is 8.97. The Kier molecular flexibility index (Phi) is 7.09. The van der Waals surface area contributed by atoms with Gasteiger partial charge in [0.05, 0.1) is 11.5 Å². The van der Waals surface area contributed by atoms with Gasteiger partial charge in [-0.1, -0.05) is 48.5 Å². The normalized spacial score (nSPS) is 11.7. The molecule has 0 aliphatic heterocycles. The van der Waals surface area contributed by atoms with Gasteiger partial charge in [0, 0.05) is 25.4 Å². The van der Waals surface area contributed by atoms with Gasteiger partial charge in [-0.05, 0) is 43.2 Å². The Morgan fingerprint density at radius 2 is 1.65 bits per heavy atom. The highest BCUT2D eigenvalue weighted by atomic mass is 32.2. The second kappa shape index (κ2) is 9.76. The van der Waals surface area contributed by atoms with E-state index >= 15 is 0 Å². The molecule has 1 N–H and O–H groups in total. The number of carbonyl (C=O) groups is 1. The molecule has 0 radical (unpaired) electrons. The van der Waals surface area contributed by atoms with Crippen LogP contribution in [-0.2, 0) is 25.9 Å². The van der Waals surface area contributed by atoms with E-state index in [1.165, 1.54) is 6.08 Å². The number of hydrogen-bond donors (Lipinski definition) is 1. The Bertz CT molecular complexity index is 1180. The van der Waals surface area contributed by atoms with Gasteiger partial charge in [-0.3, -0.25) is 4.79 Å². The molecule has 162 valence electrons. The summed E-state index contributed by atoms with van der Waals surface area (Å²) < 4.78 is 33.9. The second-order valence-electron chi connectivity index (χ2n) is 7.08. The lowest BCUT2D eigenvalue weighted by atomic mass is 10.2. The molecule has 3 aromatic rings. The zero-order valence-corrected chi connectivity index (χ0v) is 18.6.